The first kappa shape index (κ1) is 15.5. The summed E-state index contributed by atoms with van der Waals surface area (Å²) in [5.74, 6) is 0.780. The average Bonchev–Trinajstić information content (AvgIpc) is 2.73. The number of benzene rings is 1. The molecule has 1 N–H and O–H groups in total. The molecule has 1 atom stereocenters. The normalized spacial score (nSPS) is 21.6. The van der Waals surface area contributed by atoms with Gasteiger partial charge in [-0.25, -0.2) is 0 Å². The summed E-state index contributed by atoms with van der Waals surface area (Å²) in [5.41, 5.74) is 6.08. The number of hydrogen-bond acceptors (Lipinski definition) is 2. The van der Waals surface area contributed by atoms with Crippen LogP contribution in [0.5, 0.6) is 0 Å². The molecule has 2 aliphatic rings. The molecule has 2 aromatic rings. The van der Waals surface area contributed by atoms with Crippen molar-refractivity contribution in [3.05, 3.63) is 81.8 Å². The van der Waals surface area contributed by atoms with E-state index >= 15 is 0 Å². The largest absolute Gasteiger partial charge is 0.513 e. The van der Waals surface area contributed by atoms with Gasteiger partial charge in [-0.15, -0.1) is 0 Å². The molecule has 0 spiro atoms. The van der Waals surface area contributed by atoms with Crippen LogP contribution in [-0.2, 0) is 12.8 Å². The third kappa shape index (κ3) is 2.99. The van der Waals surface area contributed by atoms with Crippen molar-refractivity contribution in [3.63, 3.8) is 0 Å². The van der Waals surface area contributed by atoms with E-state index in [0.717, 1.165) is 42.8 Å². The Kier molecular flexibility index (Phi) is 4.15. The van der Waals surface area contributed by atoms with E-state index in [9.17, 15) is 5.11 Å². The van der Waals surface area contributed by atoms with Crippen LogP contribution in [0, 0.1) is 5.92 Å². The molecule has 1 unspecified atom stereocenters. The number of aryl methyl sites for hydroxylation is 2. The molecule has 1 heterocycles. The van der Waals surface area contributed by atoms with E-state index in [2.05, 4.69) is 29.3 Å². The van der Waals surface area contributed by atoms with E-state index in [1.165, 1.54) is 22.3 Å². The van der Waals surface area contributed by atoms with Gasteiger partial charge in [0.05, 0.1) is 5.76 Å². The molecule has 4 rings (SSSR count). The molecule has 3 heteroatoms. The second-order valence-corrected chi connectivity index (χ2v) is 7.03. The van der Waals surface area contributed by atoms with Gasteiger partial charge in [0.15, 0.2) is 0 Å². The van der Waals surface area contributed by atoms with Crippen molar-refractivity contribution in [2.45, 2.75) is 32.1 Å². The van der Waals surface area contributed by atoms with Crippen molar-refractivity contribution in [2.75, 3.05) is 0 Å². The molecular formula is C21H20ClNO. The molecule has 0 fully saturated rings. The molecule has 2 aliphatic carbocycles. The molecule has 0 aliphatic heterocycles. The number of aromatic nitrogens is 1. The van der Waals surface area contributed by atoms with E-state index in [0.29, 0.717) is 5.76 Å². The highest BCUT2D eigenvalue weighted by atomic mass is 35.5. The summed E-state index contributed by atoms with van der Waals surface area (Å²) in [6, 6.07) is 10.3. The predicted molar refractivity (Wildman–Crippen MR) is 98.2 cm³/mol. The standard InChI is InChI=1S/C21H20ClNO/c22-16-7-8-18-15(13-16)6-9-21-19(5-2-10-23-21)20(18)12-14-3-1-4-17(24)11-14/h2,5,7-8,10-14,24H,1,3-4,6,9H2/b20-12+. The molecule has 0 radical (unpaired) electrons. The Labute approximate surface area is 147 Å². The zero-order valence-corrected chi connectivity index (χ0v) is 14.3. The van der Waals surface area contributed by atoms with Gasteiger partial charge in [-0.1, -0.05) is 29.8 Å². The van der Waals surface area contributed by atoms with Crippen LogP contribution in [-0.4, -0.2) is 10.1 Å². The van der Waals surface area contributed by atoms with Gasteiger partial charge in [0.25, 0.3) is 0 Å². The second-order valence-electron chi connectivity index (χ2n) is 6.59. The number of fused-ring (bicyclic) bond motifs is 2. The Morgan fingerprint density at radius 3 is 2.92 bits per heavy atom. The van der Waals surface area contributed by atoms with Crippen molar-refractivity contribution >= 4 is 17.2 Å². The Morgan fingerprint density at radius 2 is 2.04 bits per heavy atom. The topological polar surface area (TPSA) is 33.1 Å². The molecule has 0 saturated heterocycles. The molecule has 24 heavy (non-hydrogen) atoms. The summed E-state index contributed by atoms with van der Waals surface area (Å²) < 4.78 is 0. The van der Waals surface area contributed by atoms with E-state index in [1.807, 2.05) is 24.4 Å². The van der Waals surface area contributed by atoms with Crippen LogP contribution in [0.2, 0.25) is 5.02 Å². The zero-order valence-electron chi connectivity index (χ0n) is 13.5. The van der Waals surface area contributed by atoms with Crippen molar-refractivity contribution in [1.29, 1.82) is 0 Å². The molecule has 0 amide bonds. The molecule has 122 valence electrons. The summed E-state index contributed by atoms with van der Waals surface area (Å²) in [4.78, 5) is 4.60. The van der Waals surface area contributed by atoms with Crippen LogP contribution in [0.25, 0.3) is 5.57 Å². The lowest BCUT2D eigenvalue weighted by Gasteiger charge is -2.18. The van der Waals surface area contributed by atoms with Crippen LogP contribution < -0.4 is 0 Å². The summed E-state index contributed by atoms with van der Waals surface area (Å²) in [6.07, 6.45) is 10.9. The first-order valence-corrected chi connectivity index (χ1v) is 8.93. The van der Waals surface area contributed by atoms with Crippen LogP contribution in [0.4, 0.5) is 0 Å². The van der Waals surface area contributed by atoms with Crippen LogP contribution >= 0.6 is 11.6 Å². The highest BCUT2D eigenvalue weighted by Crippen LogP contribution is 2.36. The lowest BCUT2D eigenvalue weighted by Crippen LogP contribution is -2.04. The van der Waals surface area contributed by atoms with Gasteiger partial charge in [0, 0.05) is 28.9 Å². The molecule has 1 aromatic carbocycles. The highest BCUT2D eigenvalue weighted by molar-refractivity contribution is 6.30. The maximum atomic E-state index is 9.89. The lowest BCUT2D eigenvalue weighted by molar-refractivity contribution is 0.358. The maximum Gasteiger partial charge on any atom is 0.0888 e. The third-order valence-electron chi connectivity index (χ3n) is 4.93. The number of halogens is 1. The fourth-order valence-corrected chi connectivity index (χ4v) is 3.96. The number of aliphatic hydroxyl groups is 1. The van der Waals surface area contributed by atoms with E-state index < -0.39 is 0 Å². The quantitative estimate of drug-likeness (QED) is 0.744. The average molecular weight is 338 g/mol. The third-order valence-corrected chi connectivity index (χ3v) is 5.16. The van der Waals surface area contributed by atoms with Crippen LogP contribution in [0.1, 0.15) is 41.6 Å². The number of aliphatic hydroxyl groups excluding tert-OH is 1. The Bertz CT molecular complexity index is 837. The van der Waals surface area contributed by atoms with Crippen molar-refractivity contribution < 1.29 is 5.11 Å². The number of pyridine rings is 1. The summed E-state index contributed by atoms with van der Waals surface area (Å²) in [6.45, 7) is 0. The van der Waals surface area contributed by atoms with Crippen molar-refractivity contribution in [2.24, 2.45) is 5.92 Å². The van der Waals surface area contributed by atoms with E-state index in [1.54, 1.807) is 0 Å². The summed E-state index contributed by atoms with van der Waals surface area (Å²) in [7, 11) is 0. The monoisotopic (exact) mass is 337 g/mol. The maximum absolute atomic E-state index is 9.89. The Hall–Kier alpha value is -2.06. The van der Waals surface area contributed by atoms with Gasteiger partial charge < -0.3 is 5.11 Å². The molecule has 1 aromatic heterocycles. The smallest absolute Gasteiger partial charge is 0.0888 e. The highest BCUT2D eigenvalue weighted by Gasteiger charge is 2.21. The van der Waals surface area contributed by atoms with Gasteiger partial charge in [-0.3, -0.25) is 4.98 Å². The fourth-order valence-electron chi connectivity index (χ4n) is 3.77. The van der Waals surface area contributed by atoms with Crippen LogP contribution in [0.3, 0.4) is 0 Å². The first-order valence-electron chi connectivity index (χ1n) is 8.55. The predicted octanol–water partition coefficient (Wildman–Crippen LogP) is 5.51. The van der Waals surface area contributed by atoms with Gasteiger partial charge in [-0.2, -0.15) is 0 Å². The minimum absolute atomic E-state index is 0.267. The number of rotatable bonds is 1. The Morgan fingerprint density at radius 1 is 1.12 bits per heavy atom. The molecule has 0 bridgehead atoms. The Balaban J connectivity index is 1.89. The zero-order chi connectivity index (χ0) is 16.5. The SMILES string of the molecule is OC1=CC(/C=C2\c3ccc(Cl)cc3CCc3ncccc32)CCC1. The van der Waals surface area contributed by atoms with Gasteiger partial charge in [0.1, 0.15) is 0 Å². The van der Waals surface area contributed by atoms with Gasteiger partial charge >= 0.3 is 0 Å². The number of nitrogens with zero attached hydrogens (tertiary/aromatic N) is 1. The van der Waals surface area contributed by atoms with Crippen molar-refractivity contribution in [1.82, 2.24) is 4.98 Å². The fraction of sp³-hybridized carbons (Fsp3) is 0.286. The lowest BCUT2D eigenvalue weighted by atomic mass is 9.88. The minimum atomic E-state index is 0.267. The van der Waals surface area contributed by atoms with Gasteiger partial charge in [-0.05, 0) is 72.6 Å². The minimum Gasteiger partial charge on any atom is -0.513 e. The molecule has 2 nitrogen and oxygen atoms in total. The molecule has 0 saturated carbocycles. The second kappa shape index (κ2) is 6.45. The first-order chi connectivity index (χ1) is 11.7. The van der Waals surface area contributed by atoms with Crippen molar-refractivity contribution in [3.8, 4) is 0 Å². The summed E-state index contributed by atoms with van der Waals surface area (Å²) >= 11 is 6.22. The van der Waals surface area contributed by atoms with Crippen LogP contribution in [0.15, 0.2) is 54.4 Å². The number of hydrogen-bond donors (Lipinski definition) is 1. The van der Waals surface area contributed by atoms with E-state index in [4.69, 9.17) is 11.6 Å². The van der Waals surface area contributed by atoms with Gasteiger partial charge in [0.2, 0.25) is 0 Å². The number of allylic oxidation sites excluding steroid dienone is 3. The molecular weight excluding hydrogens is 318 g/mol. The van der Waals surface area contributed by atoms with E-state index in [-0.39, 0.29) is 5.92 Å². The summed E-state index contributed by atoms with van der Waals surface area (Å²) in [5, 5.41) is 10.7.